The van der Waals surface area contributed by atoms with Crippen molar-refractivity contribution in [3.05, 3.63) is 87.1 Å². The van der Waals surface area contributed by atoms with Gasteiger partial charge in [-0.3, -0.25) is 43.6 Å². The number of imidazole rings is 1. The minimum absolute atomic E-state index is 0.116. The van der Waals surface area contributed by atoms with E-state index in [4.69, 9.17) is 9.72 Å². The fourth-order valence-corrected chi connectivity index (χ4v) is 10.9. The average molecular weight is 1030 g/mol. The van der Waals surface area contributed by atoms with Crippen molar-refractivity contribution in [3.8, 4) is 5.75 Å². The van der Waals surface area contributed by atoms with Crippen LogP contribution in [-0.4, -0.2) is 124 Å². The molecule has 19 nitrogen and oxygen atoms in total. The van der Waals surface area contributed by atoms with Crippen LogP contribution in [0.1, 0.15) is 63.6 Å². The molecular formula is C48H58BrN13O6S. The SMILES string of the molecule is CCc1cc(Nc2ncc(Br)c(Nc3ccc4nccnc4c3NS(=O)(=O)CC)n2)c(OC)cc1N1CCC(N2CCN(CCc3cccc4c3n(CC)c(=O)n4C3CCC(=O)NC3=O)CC2)CC1. The first kappa shape index (κ1) is 47.9. The van der Waals surface area contributed by atoms with Gasteiger partial charge in [0.05, 0.1) is 50.9 Å². The van der Waals surface area contributed by atoms with Crippen LogP contribution in [0, 0.1) is 0 Å². The number of aryl methyl sites for hydroxylation is 2. The zero-order valence-electron chi connectivity index (χ0n) is 39.3. The van der Waals surface area contributed by atoms with E-state index >= 15 is 0 Å². The van der Waals surface area contributed by atoms with Crippen LogP contribution >= 0.6 is 15.9 Å². The van der Waals surface area contributed by atoms with E-state index < -0.39 is 22.0 Å². The van der Waals surface area contributed by atoms with E-state index in [9.17, 15) is 22.8 Å². The Morgan fingerprint density at radius 2 is 1.67 bits per heavy atom. The van der Waals surface area contributed by atoms with Gasteiger partial charge >= 0.3 is 5.69 Å². The minimum Gasteiger partial charge on any atom is -0.494 e. The molecule has 3 aromatic carbocycles. The van der Waals surface area contributed by atoms with Crippen LogP contribution in [0.2, 0.25) is 0 Å². The predicted octanol–water partition coefficient (Wildman–Crippen LogP) is 5.95. The van der Waals surface area contributed by atoms with Crippen molar-refractivity contribution in [1.29, 1.82) is 0 Å². The second-order valence-corrected chi connectivity index (χ2v) is 20.5. The molecule has 4 N–H and O–H groups in total. The van der Waals surface area contributed by atoms with Gasteiger partial charge in [-0.05, 0) is 97.3 Å². The molecule has 2 amide bonds. The van der Waals surface area contributed by atoms with E-state index in [1.807, 2.05) is 19.1 Å². The fourth-order valence-electron chi connectivity index (χ4n) is 9.93. The third kappa shape index (κ3) is 10.00. The molecule has 0 spiro atoms. The Morgan fingerprint density at radius 3 is 2.39 bits per heavy atom. The summed E-state index contributed by atoms with van der Waals surface area (Å²) in [6, 6.07) is 13.5. The number of aromatic nitrogens is 6. The van der Waals surface area contributed by atoms with E-state index in [0.29, 0.717) is 57.7 Å². The lowest BCUT2D eigenvalue weighted by Crippen LogP contribution is -2.53. The molecule has 69 heavy (non-hydrogen) atoms. The number of amides is 2. The van der Waals surface area contributed by atoms with Crippen molar-refractivity contribution >= 4 is 94.4 Å². The number of piperidine rings is 2. The maximum Gasteiger partial charge on any atom is 0.329 e. The van der Waals surface area contributed by atoms with Gasteiger partial charge in [-0.1, -0.05) is 19.1 Å². The third-order valence-corrected chi connectivity index (χ3v) is 15.5. The molecule has 3 fully saturated rings. The van der Waals surface area contributed by atoms with Crippen molar-refractivity contribution in [3.63, 3.8) is 0 Å². The van der Waals surface area contributed by atoms with E-state index in [-0.39, 0.29) is 29.5 Å². The smallest absolute Gasteiger partial charge is 0.329 e. The van der Waals surface area contributed by atoms with Crippen LogP contribution in [0.25, 0.3) is 22.1 Å². The number of carbonyl (C=O) groups excluding carboxylic acids is 2. The molecule has 3 aliphatic rings. The van der Waals surface area contributed by atoms with Gasteiger partial charge in [0.1, 0.15) is 23.1 Å². The number of nitrogens with zero attached hydrogens (tertiary/aromatic N) is 9. The summed E-state index contributed by atoms with van der Waals surface area (Å²) in [7, 11) is -1.99. The first-order valence-electron chi connectivity index (χ1n) is 23.7. The van der Waals surface area contributed by atoms with Crippen LogP contribution in [0.3, 0.4) is 0 Å². The Labute approximate surface area is 409 Å². The lowest BCUT2D eigenvalue weighted by molar-refractivity contribution is -0.135. The lowest BCUT2D eigenvalue weighted by Gasteiger charge is -2.43. The second kappa shape index (κ2) is 20.4. The van der Waals surface area contributed by atoms with E-state index in [0.717, 1.165) is 99.5 Å². The number of ether oxygens (including phenoxy) is 1. The fraction of sp³-hybridized carbons (Fsp3) is 0.438. The summed E-state index contributed by atoms with van der Waals surface area (Å²) in [5, 5.41) is 9.05. The Kier molecular flexibility index (Phi) is 14.2. The number of hydrogen-bond acceptors (Lipinski definition) is 15. The average Bonchev–Trinajstić information content (AvgIpc) is 3.65. The molecule has 3 aromatic heterocycles. The number of rotatable bonds is 16. The van der Waals surface area contributed by atoms with Gasteiger partial charge < -0.3 is 25.2 Å². The van der Waals surface area contributed by atoms with Gasteiger partial charge in [0.15, 0.2) is 0 Å². The number of para-hydroxylation sites is 1. The molecule has 3 saturated heterocycles. The molecule has 0 aliphatic carbocycles. The van der Waals surface area contributed by atoms with E-state index in [2.05, 4.69) is 91.4 Å². The number of nitrogens with one attached hydrogen (secondary N) is 4. The number of halogens is 1. The quantitative estimate of drug-likeness (QED) is 0.0826. The molecule has 21 heteroatoms. The number of methoxy groups -OCH3 is 1. The Hall–Kier alpha value is -6.16. The van der Waals surface area contributed by atoms with Crippen molar-refractivity contribution in [2.45, 2.75) is 77.9 Å². The highest BCUT2D eigenvalue weighted by Crippen LogP contribution is 2.39. The van der Waals surface area contributed by atoms with Gasteiger partial charge in [0.2, 0.25) is 27.8 Å². The molecule has 9 rings (SSSR count). The van der Waals surface area contributed by atoms with Gasteiger partial charge in [-0.2, -0.15) is 4.98 Å². The zero-order valence-corrected chi connectivity index (χ0v) is 41.7. The highest BCUT2D eigenvalue weighted by molar-refractivity contribution is 9.10. The summed E-state index contributed by atoms with van der Waals surface area (Å²) < 4.78 is 38.0. The summed E-state index contributed by atoms with van der Waals surface area (Å²) in [4.78, 5) is 64.0. The summed E-state index contributed by atoms with van der Waals surface area (Å²) in [6.45, 7) is 12.8. The Balaban J connectivity index is 0.823. The van der Waals surface area contributed by atoms with Gasteiger partial charge in [-0.15, -0.1) is 0 Å². The molecule has 6 aromatic rings. The summed E-state index contributed by atoms with van der Waals surface area (Å²) in [5.41, 5.74) is 7.20. The van der Waals surface area contributed by atoms with E-state index in [1.54, 1.807) is 47.7 Å². The van der Waals surface area contributed by atoms with Gasteiger partial charge in [-0.25, -0.2) is 18.2 Å². The molecular weight excluding hydrogens is 967 g/mol. The maximum absolute atomic E-state index is 13.7. The van der Waals surface area contributed by atoms with Crippen molar-refractivity contribution in [2.24, 2.45) is 0 Å². The Morgan fingerprint density at radius 1 is 0.884 bits per heavy atom. The van der Waals surface area contributed by atoms with Crippen molar-refractivity contribution in [1.82, 2.24) is 44.2 Å². The molecule has 0 radical (unpaired) electrons. The van der Waals surface area contributed by atoms with Crippen molar-refractivity contribution in [2.75, 3.05) is 78.9 Å². The molecule has 1 atom stereocenters. The van der Waals surface area contributed by atoms with Crippen LogP contribution in [0.15, 0.2) is 70.3 Å². The molecule has 1 unspecified atom stereocenters. The highest BCUT2D eigenvalue weighted by atomic mass is 79.9. The number of imide groups is 1. The predicted molar refractivity (Wildman–Crippen MR) is 272 cm³/mol. The van der Waals surface area contributed by atoms with Crippen LogP contribution in [-0.2, 0) is 39.0 Å². The standard InChI is InChI=1S/C48H58BrN13O6S/c1-5-30-27-36(54-47-52-29-33(49)45(56-47)53-35-12-11-34-42(51-19-18-50-34)43(35)57-69(66,67)7-3)40(68-4)28-39(30)60-21-16-32(17-22-60)59-25-23-58(24-26-59)20-15-31-9-8-10-37-44(31)61(6-2)48(65)62(37)38-13-14-41(63)55-46(38)64/h8-12,18-19,27-29,32,38,57H,5-7,13-17,20-26H2,1-4H3,(H,55,63,64)(H2,52,53,54,56). The number of benzene rings is 3. The highest BCUT2D eigenvalue weighted by Gasteiger charge is 2.33. The molecule has 6 heterocycles. The van der Waals surface area contributed by atoms with Crippen LogP contribution in [0.4, 0.5) is 34.5 Å². The first-order valence-corrected chi connectivity index (χ1v) is 26.1. The third-order valence-electron chi connectivity index (χ3n) is 13.6. The Bertz CT molecular complexity index is 3070. The summed E-state index contributed by atoms with van der Waals surface area (Å²) in [6.07, 6.45) is 8.94. The van der Waals surface area contributed by atoms with Crippen LogP contribution < -0.4 is 36.0 Å². The monoisotopic (exact) mass is 1020 g/mol. The summed E-state index contributed by atoms with van der Waals surface area (Å²) >= 11 is 3.56. The molecule has 364 valence electrons. The zero-order chi connectivity index (χ0) is 48.4. The van der Waals surface area contributed by atoms with Gasteiger partial charge in [0.25, 0.3) is 0 Å². The molecule has 0 saturated carbocycles. The number of carbonyl (C=O) groups is 2. The maximum atomic E-state index is 13.7. The summed E-state index contributed by atoms with van der Waals surface area (Å²) in [5.74, 6) is 0.546. The largest absolute Gasteiger partial charge is 0.494 e. The normalized spacial score (nSPS) is 17.6. The number of fused-ring (bicyclic) bond motifs is 2. The topological polar surface area (TPSA) is 214 Å². The number of hydrogen-bond donors (Lipinski definition) is 4. The number of sulfonamides is 1. The minimum atomic E-state index is -3.65. The van der Waals surface area contributed by atoms with Gasteiger partial charge in [0, 0.05) is 95.2 Å². The number of piperazine rings is 1. The number of anilines is 6. The second-order valence-electron chi connectivity index (χ2n) is 17.6. The molecule has 0 bridgehead atoms. The lowest BCUT2D eigenvalue weighted by atomic mass is 9.99. The van der Waals surface area contributed by atoms with Crippen LogP contribution in [0.5, 0.6) is 5.75 Å². The van der Waals surface area contributed by atoms with E-state index in [1.165, 1.54) is 11.8 Å². The van der Waals surface area contributed by atoms with Crippen molar-refractivity contribution < 1.29 is 22.7 Å². The first-order chi connectivity index (χ1) is 33.4. The molecule has 3 aliphatic heterocycles.